The van der Waals surface area contributed by atoms with E-state index in [-0.39, 0.29) is 28.3 Å². The zero-order valence-corrected chi connectivity index (χ0v) is 33.8. The zero-order chi connectivity index (χ0) is 34.7. The predicted octanol–water partition coefficient (Wildman–Crippen LogP) is 11.5. The first-order chi connectivity index (χ1) is 21.1. The Balaban J connectivity index is 1.86. The Morgan fingerprint density at radius 2 is 1.63 bits per heavy atom. The average molecular weight is 669 g/mol. The van der Waals surface area contributed by atoms with E-state index in [0.717, 1.165) is 18.4 Å². The Labute approximate surface area is 285 Å². The van der Waals surface area contributed by atoms with Gasteiger partial charge in [0.15, 0.2) is 16.6 Å². The van der Waals surface area contributed by atoms with E-state index in [1.165, 1.54) is 43.8 Å². The SMILES string of the molecule is C=C1/C(=C\C=C2\CCC[C@@]3(C)[C@@H]2CC[C@@H]3[C@@H](C)/C=C/C=C/C(=O)OCC)C[C@@H](O[Si](C)(C)C(C)(C)C)C[C@@H]1O[Si](C)(C)C(C)(C)C. The van der Waals surface area contributed by atoms with Crippen LogP contribution in [0.1, 0.15) is 107 Å². The summed E-state index contributed by atoms with van der Waals surface area (Å²) in [5.41, 5.74) is 4.39. The van der Waals surface area contributed by atoms with Crippen LogP contribution < -0.4 is 0 Å². The van der Waals surface area contributed by atoms with Crippen molar-refractivity contribution >= 4 is 22.6 Å². The number of hydrogen-bond acceptors (Lipinski definition) is 4. The molecule has 0 heterocycles. The van der Waals surface area contributed by atoms with Crippen molar-refractivity contribution < 1.29 is 18.4 Å². The molecule has 3 fully saturated rings. The summed E-state index contributed by atoms with van der Waals surface area (Å²) in [6.45, 7) is 35.2. The first kappa shape index (κ1) is 39.0. The van der Waals surface area contributed by atoms with E-state index in [0.29, 0.717) is 29.8 Å². The smallest absolute Gasteiger partial charge is 0.330 e. The number of carbonyl (C=O) groups is 1. The first-order valence-electron chi connectivity index (χ1n) is 18.1. The highest BCUT2D eigenvalue weighted by molar-refractivity contribution is 6.74. The highest BCUT2D eigenvalue weighted by atomic mass is 28.4. The molecule has 0 aromatic carbocycles. The molecule has 3 aliphatic carbocycles. The zero-order valence-electron chi connectivity index (χ0n) is 31.8. The van der Waals surface area contributed by atoms with E-state index in [4.69, 9.17) is 13.6 Å². The molecule has 0 amide bonds. The fourth-order valence-corrected chi connectivity index (χ4v) is 10.3. The third kappa shape index (κ3) is 9.15. The van der Waals surface area contributed by atoms with Crippen LogP contribution in [-0.4, -0.2) is 41.4 Å². The lowest BCUT2D eigenvalue weighted by Crippen LogP contribution is -2.49. The van der Waals surface area contributed by atoms with Crippen LogP contribution in [0.25, 0.3) is 0 Å². The van der Waals surface area contributed by atoms with Gasteiger partial charge in [0.25, 0.3) is 0 Å². The lowest BCUT2D eigenvalue weighted by atomic mass is 9.61. The lowest BCUT2D eigenvalue weighted by Gasteiger charge is -2.45. The Kier molecular flexibility index (Phi) is 12.7. The van der Waals surface area contributed by atoms with Gasteiger partial charge in [-0.15, -0.1) is 0 Å². The maximum absolute atomic E-state index is 11.7. The molecule has 0 saturated heterocycles. The summed E-state index contributed by atoms with van der Waals surface area (Å²) < 4.78 is 19.2. The van der Waals surface area contributed by atoms with Crippen LogP contribution in [0.3, 0.4) is 0 Å². The molecule has 0 aromatic heterocycles. The minimum absolute atomic E-state index is 0.00654. The summed E-state index contributed by atoms with van der Waals surface area (Å²) in [5.74, 6) is 1.43. The molecule has 6 atom stereocenters. The van der Waals surface area contributed by atoms with Crippen molar-refractivity contribution in [3.8, 4) is 0 Å². The average Bonchev–Trinajstić information content (AvgIpc) is 3.28. The molecule has 6 heteroatoms. The number of ether oxygens (including phenoxy) is 1. The second kappa shape index (κ2) is 15.0. The minimum Gasteiger partial charge on any atom is -0.463 e. The van der Waals surface area contributed by atoms with Crippen LogP contribution in [0.2, 0.25) is 36.3 Å². The predicted molar refractivity (Wildman–Crippen MR) is 201 cm³/mol. The van der Waals surface area contributed by atoms with E-state index in [1.54, 1.807) is 5.57 Å². The standard InChI is InChI=1S/C40H68O4Si2/c1-15-42-37(41)21-17-16-19-29(2)34-24-25-35-31(20-18-26-40(34,35)10)22-23-32-27-33(43-45(11,12)38(4,5)6)28-36(30(32)3)44-46(13,14)39(7,8)9/h16-17,19,21-23,29,33-36H,3,15,18,20,24-28H2,1-2,4-14H3/b19-16+,21-17+,31-22-,32-23-/t29-,33+,34+,35+,36-,40+/m0/s1. The first-order valence-corrected chi connectivity index (χ1v) is 23.9. The van der Waals surface area contributed by atoms with Crippen molar-refractivity contribution in [1.29, 1.82) is 0 Å². The molecule has 46 heavy (non-hydrogen) atoms. The van der Waals surface area contributed by atoms with Gasteiger partial charge >= 0.3 is 5.97 Å². The quantitative estimate of drug-likeness (QED) is 0.101. The number of allylic oxidation sites excluding steroid dienone is 6. The van der Waals surface area contributed by atoms with Gasteiger partial charge < -0.3 is 13.6 Å². The minimum atomic E-state index is -1.99. The Morgan fingerprint density at radius 1 is 1.00 bits per heavy atom. The van der Waals surface area contributed by atoms with Crippen LogP contribution >= 0.6 is 0 Å². The molecule has 3 rings (SSSR count). The molecule has 0 aliphatic heterocycles. The summed E-state index contributed by atoms with van der Waals surface area (Å²) in [7, 11) is -3.93. The third-order valence-electron chi connectivity index (χ3n) is 12.5. The molecule has 260 valence electrons. The maximum atomic E-state index is 11.7. The second-order valence-corrected chi connectivity index (χ2v) is 27.2. The molecule has 0 bridgehead atoms. The van der Waals surface area contributed by atoms with Gasteiger partial charge in [-0.2, -0.15) is 0 Å². The van der Waals surface area contributed by atoms with Gasteiger partial charge in [-0.1, -0.05) is 97.9 Å². The second-order valence-electron chi connectivity index (χ2n) is 17.7. The number of esters is 1. The number of fused-ring (bicyclic) bond motifs is 1. The van der Waals surface area contributed by atoms with Crippen LogP contribution in [0.15, 0.2) is 59.8 Å². The molecule has 4 nitrogen and oxygen atoms in total. The molecular formula is C40H68O4Si2. The van der Waals surface area contributed by atoms with Gasteiger partial charge in [-0.3, -0.25) is 0 Å². The van der Waals surface area contributed by atoms with Gasteiger partial charge in [0.05, 0.1) is 18.8 Å². The number of carbonyl (C=O) groups excluding carboxylic acids is 1. The van der Waals surface area contributed by atoms with Crippen LogP contribution in [-0.2, 0) is 18.4 Å². The van der Waals surface area contributed by atoms with E-state index in [1.807, 2.05) is 19.1 Å². The van der Waals surface area contributed by atoms with Gasteiger partial charge in [-0.25, -0.2) is 4.79 Å². The van der Waals surface area contributed by atoms with Crippen LogP contribution in [0.4, 0.5) is 0 Å². The largest absolute Gasteiger partial charge is 0.463 e. The summed E-state index contributed by atoms with van der Waals surface area (Å²) in [4.78, 5) is 11.7. The molecule has 0 aromatic rings. The molecule has 3 saturated carbocycles. The molecule has 0 unspecified atom stereocenters. The molecule has 3 aliphatic rings. The van der Waals surface area contributed by atoms with E-state index in [2.05, 4.69) is 106 Å². The van der Waals surface area contributed by atoms with E-state index < -0.39 is 16.6 Å². The van der Waals surface area contributed by atoms with Crippen molar-refractivity contribution in [2.24, 2.45) is 23.2 Å². The van der Waals surface area contributed by atoms with Gasteiger partial charge in [0.1, 0.15) is 0 Å². The van der Waals surface area contributed by atoms with E-state index in [9.17, 15) is 4.79 Å². The third-order valence-corrected chi connectivity index (χ3v) is 21.5. The normalized spacial score (nSPS) is 30.8. The van der Waals surface area contributed by atoms with Gasteiger partial charge in [-0.05, 0) is 116 Å². The Morgan fingerprint density at radius 3 is 2.24 bits per heavy atom. The van der Waals surface area contributed by atoms with Crippen molar-refractivity contribution in [3.63, 3.8) is 0 Å². The van der Waals surface area contributed by atoms with Crippen molar-refractivity contribution in [3.05, 3.63) is 59.8 Å². The summed E-state index contributed by atoms with van der Waals surface area (Å²) >= 11 is 0. The fourth-order valence-electron chi connectivity index (χ4n) is 7.61. The highest BCUT2D eigenvalue weighted by Gasteiger charge is 2.50. The number of hydrogen-bond donors (Lipinski definition) is 0. The van der Waals surface area contributed by atoms with Gasteiger partial charge in [0.2, 0.25) is 0 Å². The van der Waals surface area contributed by atoms with Crippen LogP contribution in [0.5, 0.6) is 0 Å². The molecule has 0 spiro atoms. The van der Waals surface area contributed by atoms with Gasteiger partial charge in [0, 0.05) is 12.5 Å². The monoisotopic (exact) mass is 668 g/mol. The van der Waals surface area contributed by atoms with Crippen LogP contribution in [0, 0.1) is 23.2 Å². The molecular weight excluding hydrogens is 601 g/mol. The highest BCUT2D eigenvalue weighted by Crippen LogP contribution is 2.59. The van der Waals surface area contributed by atoms with Crippen molar-refractivity contribution in [2.75, 3.05) is 6.61 Å². The topological polar surface area (TPSA) is 44.8 Å². The van der Waals surface area contributed by atoms with Crippen molar-refractivity contribution in [1.82, 2.24) is 0 Å². The maximum Gasteiger partial charge on any atom is 0.330 e. The number of rotatable bonds is 10. The van der Waals surface area contributed by atoms with E-state index >= 15 is 0 Å². The van der Waals surface area contributed by atoms with Crippen molar-refractivity contribution in [2.45, 2.75) is 156 Å². The molecule has 0 radical (unpaired) electrons. The summed E-state index contributed by atoms with van der Waals surface area (Å²) in [6, 6.07) is 0. The summed E-state index contributed by atoms with van der Waals surface area (Å²) in [6.07, 6.45) is 20.7. The Bertz CT molecular complexity index is 1210. The summed E-state index contributed by atoms with van der Waals surface area (Å²) in [5, 5.41) is 0.305. The Hall–Kier alpha value is -1.48. The molecule has 0 N–H and O–H groups in total. The fraction of sp³-hybridized carbons (Fsp3) is 0.725. The lowest BCUT2D eigenvalue weighted by molar-refractivity contribution is -0.137.